The molecule has 0 unspecified atom stereocenters. The number of fused-ring (bicyclic) bond motifs is 2. The summed E-state index contributed by atoms with van der Waals surface area (Å²) in [5.41, 5.74) is 1.07. The van der Waals surface area contributed by atoms with Gasteiger partial charge in [0.1, 0.15) is 10.7 Å². The average molecular weight is 429 g/mol. The topological polar surface area (TPSA) is 89.5 Å². The zero-order chi connectivity index (χ0) is 21.6. The van der Waals surface area contributed by atoms with Crippen molar-refractivity contribution in [1.82, 2.24) is 5.32 Å². The Bertz CT molecular complexity index is 1400. The van der Waals surface area contributed by atoms with E-state index in [2.05, 4.69) is 5.32 Å². The van der Waals surface area contributed by atoms with Gasteiger partial charge in [0, 0.05) is 11.1 Å². The lowest BCUT2D eigenvalue weighted by Crippen LogP contribution is -2.25. The maximum Gasteiger partial charge on any atom is 0.340 e. The highest BCUT2D eigenvalue weighted by atomic mass is 32.2. The number of benzene rings is 3. The second-order valence-corrected chi connectivity index (χ2v) is 8.48. The van der Waals surface area contributed by atoms with Gasteiger partial charge in [-0.3, -0.25) is 9.59 Å². The predicted molar refractivity (Wildman–Crippen MR) is 115 cm³/mol. The fraction of sp³-hybridized carbons (Fsp3) is 0. The number of carbonyl (C=O) groups is 2. The molecule has 0 saturated carbocycles. The van der Waals surface area contributed by atoms with Crippen LogP contribution in [0.25, 0.3) is 10.6 Å². The molecular weight excluding hydrogens is 414 g/mol. The first-order valence-corrected chi connectivity index (χ1v) is 10.9. The van der Waals surface area contributed by atoms with Crippen molar-refractivity contribution in [3.63, 3.8) is 0 Å². The first kappa shape index (κ1) is 19.0. The fourth-order valence-corrected chi connectivity index (χ4v) is 5.13. The Kier molecular flexibility index (Phi) is 4.34. The van der Waals surface area contributed by atoms with E-state index in [1.165, 1.54) is 18.2 Å². The standard InChI is InChI=1S/C24H15NO5S/c26-22-17-13-7-8-14-18(17)23(31(28,29)30-16-11-5-2-6-12-16)20-19(22)21(25-24(20)27)15-9-3-1-4-10-15/h1-14H,(H,25,27). The van der Waals surface area contributed by atoms with Crippen LogP contribution in [0.5, 0.6) is 5.75 Å². The van der Waals surface area contributed by atoms with Crippen molar-refractivity contribution < 1.29 is 22.2 Å². The number of amides is 1. The Morgan fingerprint density at radius 1 is 0.677 bits per heavy atom. The summed E-state index contributed by atoms with van der Waals surface area (Å²) in [6.07, 6.45) is 0. The molecule has 152 valence electrons. The fourth-order valence-electron chi connectivity index (χ4n) is 3.79. The average Bonchev–Trinajstić information content (AvgIpc) is 3.12. The number of carbonyl (C=O) groups excluding carboxylic acids is 2. The molecule has 2 aliphatic rings. The van der Waals surface area contributed by atoms with Gasteiger partial charge in [-0.25, -0.2) is 0 Å². The normalized spacial score (nSPS) is 15.5. The molecule has 7 heteroatoms. The number of ketones is 1. The summed E-state index contributed by atoms with van der Waals surface area (Å²) in [5, 5.41) is 2.69. The molecule has 5 rings (SSSR count). The Balaban J connectivity index is 1.80. The summed E-state index contributed by atoms with van der Waals surface area (Å²) in [7, 11) is -4.43. The minimum absolute atomic E-state index is 0.0325. The molecule has 1 amide bonds. The van der Waals surface area contributed by atoms with Gasteiger partial charge in [0.2, 0.25) is 0 Å². The van der Waals surface area contributed by atoms with Crippen LogP contribution in [0.3, 0.4) is 0 Å². The highest BCUT2D eigenvalue weighted by Gasteiger charge is 2.45. The van der Waals surface area contributed by atoms with Crippen LogP contribution in [0, 0.1) is 0 Å². The molecule has 1 aliphatic heterocycles. The molecule has 3 aromatic carbocycles. The summed E-state index contributed by atoms with van der Waals surface area (Å²) in [5.74, 6) is -0.967. The Morgan fingerprint density at radius 2 is 1.26 bits per heavy atom. The quantitative estimate of drug-likeness (QED) is 0.641. The van der Waals surface area contributed by atoms with Gasteiger partial charge in [0.15, 0.2) is 5.78 Å². The van der Waals surface area contributed by atoms with Gasteiger partial charge < -0.3 is 9.50 Å². The third-order valence-electron chi connectivity index (χ3n) is 5.10. The number of Topliss-reactive ketones (excluding diaryl/α,β-unsaturated/α-hetero) is 1. The van der Waals surface area contributed by atoms with Crippen molar-refractivity contribution >= 4 is 32.4 Å². The first-order valence-electron chi connectivity index (χ1n) is 9.47. The van der Waals surface area contributed by atoms with Gasteiger partial charge in [0.05, 0.1) is 16.8 Å². The van der Waals surface area contributed by atoms with Crippen LogP contribution in [0.2, 0.25) is 0 Å². The summed E-state index contributed by atoms with van der Waals surface area (Å²) in [4.78, 5) is 26.0. The van der Waals surface area contributed by atoms with E-state index in [4.69, 9.17) is 4.18 Å². The molecule has 0 aromatic heterocycles. The molecule has 0 fully saturated rings. The molecule has 1 aliphatic carbocycles. The number of hydrogen-bond donors (Lipinski definition) is 1. The molecule has 6 nitrogen and oxygen atoms in total. The smallest absolute Gasteiger partial charge is 0.340 e. The van der Waals surface area contributed by atoms with Gasteiger partial charge in [-0.2, -0.15) is 8.42 Å². The van der Waals surface area contributed by atoms with Crippen LogP contribution >= 0.6 is 0 Å². The van der Waals surface area contributed by atoms with E-state index in [1.54, 1.807) is 60.7 Å². The van der Waals surface area contributed by atoms with Crippen LogP contribution in [0.15, 0.2) is 96.1 Å². The predicted octanol–water partition coefficient (Wildman–Crippen LogP) is 3.54. The molecule has 1 N–H and O–H groups in total. The van der Waals surface area contributed by atoms with Crippen LogP contribution in [0.4, 0.5) is 0 Å². The summed E-state index contributed by atoms with van der Waals surface area (Å²) >= 11 is 0. The lowest BCUT2D eigenvalue weighted by Gasteiger charge is -2.21. The van der Waals surface area contributed by atoms with Crippen LogP contribution in [-0.2, 0) is 14.9 Å². The van der Waals surface area contributed by atoms with Gasteiger partial charge in [-0.1, -0.05) is 72.8 Å². The number of rotatable bonds is 4. The Labute approximate surface area is 178 Å². The Hall–Kier alpha value is -3.97. The van der Waals surface area contributed by atoms with Crippen molar-refractivity contribution in [2.24, 2.45) is 0 Å². The van der Waals surface area contributed by atoms with Crippen molar-refractivity contribution in [1.29, 1.82) is 0 Å². The Morgan fingerprint density at radius 3 is 1.94 bits per heavy atom. The van der Waals surface area contributed by atoms with E-state index in [0.29, 0.717) is 5.56 Å². The summed E-state index contributed by atoms with van der Waals surface area (Å²) in [6, 6.07) is 23.2. The van der Waals surface area contributed by atoms with Gasteiger partial charge in [-0.15, -0.1) is 0 Å². The maximum atomic E-state index is 13.4. The zero-order valence-electron chi connectivity index (χ0n) is 16.0. The third kappa shape index (κ3) is 3.06. The molecule has 0 saturated heterocycles. The van der Waals surface area contributed by atoms with Crippen LogP contribution < -0.4 is 9.50 Å². The van der Waals surface area contributed by atoms with E-state index in [-0.39, 0.29) is 38.6 Å². The molecule has 0 spiro atoms. The van der Waals surface area contributed by atoms with Crippen LogP contribution in [-0.4, -0.2) is 20.1 Å². The lowest BCUT2D eigenvalue weighted by molar-refractivity contribution is -0.115. The van der Waals surface area contributed by atoms with E-state index in [0.717, 1.165) is 0 Å². The third-order valence-corrected chi connectivity index (χ3v) is 6.43. The van der Waals surface area contributed by atoms with E-state index >= 15 is 0 Å². The van der Waals surface area contributed by atoms with Crippen molar-refractivity contribution in [3.05, 3.63) is 113 Å². The molecule has 1 heterocycles. The first-order chi connectivity index (χ1) is 15.0. The summed E-state index contributed by atoms with van der Waals surface area (Å²) in [6.45, 7) is 0. The number of nitrogens with one attached hydrogen (secondary N) is 1. The molecule has 0 radical (unpaired) electrons. The number of hydrogen-bond acceptors (Lipinski definition) is 5. The van der Waals surface area contributed by atoms with Crippen LogP contribution in [0.1, 0.15) is 21.5 Å². The highest BCUT2D eigenvalue weighted by molar-refractivity contribution is 7.96. The van der Waals surface area contributed by atoms with Gasteiger partial charge >= 0.3 is 10.1 Å². The van der Waals surface area contributed by atoms with Crippen molar-refractivity contribution in [2.75, 3.05) is 0 Å². The SMILES string of the molecule is O=C1NC(c2ccccc2)=C2C(=O)c3ccccc3C(S(=O)(=O)Oc3ccccc3)=C12. The minimum Gasteiger partial charge on any atom is -0.379 e. The lowest BCUT2D eigenvalue weighted by atomic mass is 9.86. The van der Waals surface area contributed by atoms with E-state index in [9.17, 15) is 18.0 Å². The number of para-hydroxylation sites is 1. The van der Waals surface area contributed by atoms with Gasteiger partial charge in [-0.05, 0) is 17.7 Å². The second-order valence-electron chi connectivity index (χ2n) is 7.00. The monoisotopic (exact) mass is 429 g/mol. The molecule has 0 bridgehead atoms. The van der Waals surface area contributed by atoms with Crippen molar-refractivity contribution in [2.45, 2.75) is 0 Å². The molecular formula is C24H15NO5S. The summed E-state index contributed by atoms with van der Waals surface area (Å²) < 4.78 is 32.1. The maximum absolute atomic E-state index is 13.4. The molecule has 3 aromatic rings. The molecule has 0 atom stereocenters. The van der Waals surface area contributed by atoms with E-state index in [1.807, 2.05) is 6.07 Å². The minimum atomic E-state index is -4.43. The molecule has 31 heavy (non-hydrogen) atoms. The van der Waals surface area contributed by atoms with Crippen molar-refractivity contribution in [3.8, 4) is 5.75 Å². The zero-order valence-corrected chi connectivity index (χ0v) is 16.8. The largest absolute Gasteiger partial charge is 0.379 e. The van der Waals surface area contributed by atoms with Gasteiger partial charge in [0.25, 0.3) is 5.91 Å². The van der Waals surface area contributed by atoms with E-state index < -0.39 is 21.8 Å². The second kappa shape index (κ2) is 7.07. The highest BCUT2D eigenvalue weighted by Crippen LogP contribution is 2.43.